The van der Waals surface area contributed by atoms with Crippen molar-refractivity contribution in [2.75, 3.05) is 6.26 Å². The van der Waals surface area contributed by atoms with Crippen LogP contribution in [0.3, 0.4) is 0 Å². The van der Waals surface area contributed by atoms with E-state index < -0.39 is 0 Å². The van der Waals surface area contributed by atoms with Crippen molar-refractivity contribution >= 4 is 34.5 Å². The van der Waals surface area contributed by atoms with E-state index in [1.807, 2.05) is 6.26 Å². The first-order chi connectivity index (χ1) is 7.26. The molecule has 82 valence electrons. The van der Waals surface area contributed by atoms with E-state index in [1.54, 1.807) is 12.4 Å². The van der Waals surface area contributed by atoms with E-state index in [9.17, 15) is 0 Å². The summed E-state index contributed by atoms with van der Waals surface area (Å²) in [7, 11) is 0. The van der Waals surface area contributed by atoms with Crippen LogP contribution >= 0.6 is 24.0 Å². The van der Waals surface area contributed by atoms with E-state index in [1.165, 1.54) is 11.8 Å². The Bertz CT molecular complexity index is 346. The van der Waals surface area contributed by atoms with Crippen LogP contribution in [0.15, 0.2) is 11.3 Å². The molecule has 0 saturated heterocycles. The number of aromatic nitrogens is 2. The van der Waals surface area contributed by atoms with Crippen LogP contribution in [0.2, 0.25) is 0 Å². The number of aromatic amines is 1. The van der Waals surface area contributed by atoms with Crippen molar-refractivity contribution in [1.29, 1.82) is 0 Å². The molecule has 0 saturated carbocycles. The predicted octanol–water partition coefficient (Wildman–Crippen LogP) is 1.93. The van der Waals surface area contributed by atoms with Gasteiger partial charge < -0.3 is 4.98 Å². The van der Waals surface area contributed by atoms with E-state index in [4.69, 9.17) is 12.2 Å². The highest BCUT2D eigenvalue weighted by Gasteiger charge is 1.96. The molecule has 0 aromatic carbocycles. The van der Waals surface area contributed by atoms with Crippen LogP contribution in [0.25, 0.3) is 0 Å². The van der Waals surface area contributed by atoms with Crippen molar-refractivity contribution in [3.05, 3.63) is 17.7 Å². The van der Waals surface area contributed by atoms with Gasteiger partial charge in [-0.1, -0.05) is 30.9 Å². The highest BCUT2D eigenvalue weighted by Crippen LogP contribution is 1.98. The van der Waals surface area contributed by atoms with Gasteiger partial charge in [0.15, 0.2) is 4.32 Å². The third-order valence-corrected chi connectivity index (χ3v) is 2.73. The molecule has 2 N–H and O–H groups in total. The fourth-order valence-electron chi connectivity index (χ4n) is 1.01. The number of nitrogens with zero attached hydrogens (tertiary/aromatic N) is 2. The van der Waals surface area contributed by atoms with Gasteiger partial charge in [0.2, 0.25) is 0 Å². The van der Waals surface area contributed by atoms with Crippen LogP contribution in [0.4, 0.5) is 0 Å². The molecular weight excluding hydrogens is 228 g/mol. The third-order valence-electron chi connectivity index (χ3n) is 1.68. The van der Waals surface area contributed by atoms with E-state index in [2.05, 4.69) is 27.4 Å². The number of hydrazone groups is 1. The Morgan fingerprint density at radius 3 is 3.27 bits per heavy atom. The highest BCUT2D eigenvalue weighted by molar-refractivity contribution is 8.22. The number of hydrogen-bond acceptors (Lipinski definition) is 4. The number of thioether (sulfide) groups is 1. The fraction of sp³-hybridized carbons (Fsp3) is 0.444. The number of hydrogen-bond donors (Lipinski definition) is 2. The molecule has 1 rings (SSSR count). The summed E-state index contributed by atoms with van der Waals surface area (Å²) in [5.74, 6) is 0.992. The van der Waals surface area contributed by atoms with Crippen molar-refractivity contribution in [2.45, 2.75) is 19.8 Å². The molecule has 1 heterocycles. The fourth-order valence-corrected chi connectivity index (χ4v) is 1.20. The van der Waals surface area contributed by atoms with Gasteiger partial charge in [0.25, 0.3) is 0 Å². The summed E-state index contributed by atoms with van der Waals surface area (Å²) < 4.78 is 0.652. The van der Waals surface area contributed by atoms with Gasteiger partial charge in [-0.3, -0.25) is 5.43 Å². The number of rotatable bonds is 4. The second-order valence-electron chi connectivity index (χ2n) is 2.90. The van der Waals surface area contributed by atoms with Gasteiger partial charge in [0, 0.05) is 6.42 Å². The van der Waals surface area contributed by atoms with Gasteiger partial charge in [-0.25, -0.2) is 4.98 Å². The largest absolute Gasteiger partial charge is 0.341 e. The molecule has 0 radical (unpaired) electrons. The average Bonchev–Trinajstić information content (AvgIpc) is 2.66. The minimum absolute atomic E-state index is 0.652. The maximum Gasteiger partial charge on any atom is 0.153 e. The summed E-state index contributed by atoms with van der Waals surface area (Å²) in [5, 5.41) is 3.98. The van der Waals surface area contributed by atoms with Gasteiger partial charge in [0.05, 0.1) is 18.1 Å². The van der Waals surface area contributed by atoms with E-state index in [-0.39, 0.29) is 0 Å². The summed E-state index contributed by atoms with van der Waals surface area (Å²) >= 11 is 6.38. The molecule has 0 fully saturated rings. The van der Waals surface area contributed by atoms with Gasteiger partial charge in [0.1, 0.15) is 5.82 Å². The van der Waals surface area contributed by atoms with E-state index in [0.717, 1.165) is 24.4 Å². The Kier molecular flexibility index (Phi) is 5.34. The normalized spacial score (nSPS) is 10.8. The lowest BCUT2D eigenvalue weighted by atomic mass is 10.3. The maximum absolute atomic E-state index is 4.93. The van der Waals surface area contributed by atoms with Crippen molar-refractivity contribution in [3.8, 4) is 0 Å². The van der Waals surface area contributed by atoms with Crippen molar-refractivity contribution in [3.63, 3.8) is 0 Å². The van der Waals surface area contributed by atoms with Crippen LogP contribution in [0.1, 0.15) is 24.9 Å². The molecule has 1 aromatic heterocycles. The second-order valence-corrected chi connectivity index (χ2v) is 4.38. The Labute approximate surface area is 98.9 Å². The van der Waals surface area contributed by atoms with Crippen LogP contribution in [-0.4, -0.2) is 26.8 Å². The zero-order valence-corrected chi connectivity index (χ0v) is 10.4. The minimum Gasteiger partial charge on any atom is -0.341 e. The molecule has 0 aliphatic heterocycles. The quantitative estimate of drug-likeness (QED) is 0.481. The van der Waals surface area contributed by atoms with Gasteiger partial charge in [-0.2, -0.15) is 5.10 Å². The van der Waals surface area contributed by atoms with E-state index in [0.29, 0.717) is 4.32 Å². The number of H-pyrrole nitrogens is 1. The topological polar surface area (TPSA) is 53.1 Å². The first-order valence-electron chi connectivity index (χ1n) is 4.67. The smallest absolute Gasteiger partial charge is 0.153 e. The Balaban J connectivity index is 2.46. The SMILES string of the molecule is CCCc1ncc(/C=N/NC(=S)SC)[nH]1. The molecule has 1 aromatic rings. The number of aryl methyl sites for hydroxylation is 1. The molecule has 4 nitrogen and oxygen atoms in total. The van der Waals surface area contributed by atoms with Crippen LogP contribution in [-0.2, 0) is 6.42 Å². The monoisotopic (exact) mass is 242 g/mol. The molecule has 0 aliphatic carbocycles. The van der Waals surface area contributed by atoms with Gasteiger partial charge in [-0.05, 0) is 12.7 Å². The average molecular weight is 242 g/mol. The molecule has 0 atom stereocenters. The molecule has 15 heavy (non-hydrogen) atoms. The van der Waals surface area contributed by atoms with Gasteiger partial charge in [-0.15, -0.1) is 0 Å². The minimum atomic E-state index is 0.652. The van der Waals surface area contributed by atoms with Crippen molar-refractivity contribution < 1.29 is 0 Å². The Morgan fingerprint density at radius 2 is 2.60 bits per heavy atom. The van der Waals surface area contributed by atoms with Crippen LogP contribution in [0, 0.1) is 0 Å². The highest BCUT2D eigenvalue weighted by atomic mass is 32.2. The van der Waals surface area contributed by atoms with Crippen LogP contribution in [0.5, 0.6) is 0 Å². The van der Waals surface area contributed by atoms with Gasteiger partial charge >= 0.3 is 0 Å². The molecule has 0 bridgehead atoms. The lowest BCUT2D eigenvalue weighted by Crippen LogP contribution is -2.10. The molecule has 0 aliphatic rings. The zero-order chi connectivity index (χ0) is 11.1. The standard InChI is InChI=1S/C9H14N4S2/c1-3-4-8-10-5-7(12-8)6-11-13-9(14)15-2/h5-6H,3-4H2,1-2H3,(H,10,12)(H,13,14)/b11-6+. The Morgan fingerprint density at radius 1 is 1.80 bits per heavy atom. The lowest BCUT2D eigenvalue weighted by Gasteiger charge is -1.95. The summed E-state index contributed by atoms with van der Waals surface area (Å²) in [4.78, 5) is 7.37. The second kappa shape index (κ2) is 6.58. The molecular formula is C9H14N4S2. The van der Waals surface area contributed by atoms with E-state index >= 15 is 0 Å². The van der Waals surface area contributed by atoms with Crippen molar-refractivity contribution in [2.24, 2.45) is 5.10 Å². The number of nitrogens with one attached hydrogen (secondary N) is 2. The van der Waals surface area contributed by atoms with Crippen molar-refractivity contribution in [1.82, 2.24) is 15.4 Å². The molecule has 0 unspecified atom stereocenters. The predicted molar refractivity (Wildman–Crippen MR) is 69.4 cm³/mol. The molecule has 6 heteroatoms. The Hall–Kier alpha value is -0.880. The third kappa shape index (κ3) is 4.44. The molecule has 0 amide bonds. The summed E-state index contributed by atoms with van der Waals surface area (Å²) in [6.45, 7) is 2.12. The first kappa shape index (κ1) is 12.2. The summed E-state index contributed by atoms with van der Waals surface area (Å²) in [6, 6.07) is 0. The summed E-state index contributed by atoms with van der Waals surface area (Å²) in [5.41, 5.74) is 3.62. The number of imidazole rings is 1. The first-order valence-corrected chi connectivity index (χ1v) is 6.30. The number of thiocarbonyl (C=S) groups is 1. The summed E-state index contributed by atoms with van der Waals surface area (Å²) in [6.07, 6.45) is 7.39. The van der Waals surface area contributed by atoms with Crippen LogP contribution < -0.4 is 5.43 Å². The lowest BCUT2D eigenvalue weighted by molar-refractivity contribution is 0.856. The zero-order valence-electron chi connectivity index (χ0n) is 8.78. The maximum atomic E-state index is 4.93. The molecule has 0 spiro atoms.